The zero-order valence-electron chi connectivity index (χ0n) is 6.96. The van der Waals surface area contributed by atoms with Gasteiger partial charge in [-0.2, -0.15) is 0 Å². The van der Waals surface area contributed by atoms with Crippen molar-refractivity contribution in [2.45, 2.75) is 39.1 Å². The highest BCUT2D eigenvalue weighted by molar-refractivity contribution is 4.73. The van der Waals surface area contributed by atoms with Gasteiger partial charge in [-0.1, -0.05) is 13.8 Å². The summed E-state index contributed by atoms with van der Waals surface area (Å²) in [6.07, 6.45) is 2.63. The topological polar surface area (TPSA) is 18.5 Å². The van der Waals surface area contributed by atoms with Crippen LogP contribution in [0.3, 0.4) is 0 Å². The fraction of sp³-hybridized carbons (Fsp3) is 1.00. The average molecular weight is 144 g/mol. The lowest BCUT2D eigenvalue weighted by Gasteiger charge is -2.11. The molecule has 1 saturated heterocycles. The zero-order valence-corrected chi connectivity index (χ0v) is 6.96. The molecule has 2 unspecified atom stereocenters. The van der Waals surface area contributed by atoms with Crippen LogP contribution in [0, 0.1) is 5.92 Å². The SMILES string of the molecule is CC[C@H]1OC(OC)CC1C. The van der Waals surface area contributed by atoms with E-state index in [2.05, 4.69) is 13.8 Å². The molecular formula is C8H16O2. The van der Waals surface area contributed by atoms with Crippen LogP contribution in [0.15, 0.2) is 0 Å². The highest BCUT2D eigenvalue weighted by Crippen LogP contribution is 2.27. The van der Waals surface area contributed by atoms with Gasteiger partial charge in [-0.25, -0.2) is 0 Å². The number of hydrogen-bond donors (Lipinski definition) is 0. The molecule has 3 atom stereocenters. The monoisotopic (exact) mass is 144 g/mol. The summed E-state index contributed by atoms with van der Waals surface area (Å²) in [5, 5.41) is 0. The largest absolute Gasteiger partial charge is 0.356 e. The molecule has 0 aromatic rings. The van der Waals surface area contributed by atoms with Crippen LogP contribution in [0.25, 0.3) is 0 Å². The fourth-order valence-electron chi connectivity index (χ4n) is 1.49. The van der Waals surface area contributed by atoms with Gasteiger partial charge in [-0.3, -0.25) is 0 Å². The van der Waals surface area contributed by atoms with E-state index >= 15 is 0 Å². The molecule has 0 N–H and O–H groups in total. The highest BCUT2D eigenvalue weighted by Gasteiger charge is 2.30. The Morgan fingerprint density at radius 1 is 1.60 bits per heavy atom. The second-order valence-corrected chi connectivity index (χ2v) is 2.96. The van der Waals surface area contributed by atoms with Gasteiger partial charge in [0.05, 0.1) is 6.10 Å². The second kappa shape index (κ2) is 3.35. The summed E-state index contributed by atoms with van der Waals surface area (Å²) in [6, 6.07) is 0. The van der Waals surface area contributed by atoms with Gasteiger partial charge in [0.15, 0.2) is 6.29 Å². The Balaban J connectivity index is 2.36. The van der Waals surface area contributed by atoms with Crippen LogP contribution >= 0.6 is 0 Å². The number of hydrogen-bond acceptors (Lipinski definition) is 2. The molecule has 1 aliphatic heterocycles. The van der Waals surface area contributed by atoms with Crippen molar-refractivity contribution in [1.29, 1.82) is 0 Å². The van der Waals surface area contributed by atoms with Gasteiger partial charge in [0.2, 0.25) is 0 Å². The lowest BCUT2D eigenvalue weighted by atomic mass is 10.0. The van der Waals surface area contributed by atoms with Crippen LogP contribution in [0.1, 0.15) is 26.7 Å². The Bertz CT molecular complexity index is 103. The maximum Gasteiger partial charge on any atom is 0.157 e. The summed E-state index contributed by atoms with van der Waals surface area (Å²) in [4.78, 5) is 0. The van der Waals surface area contributed by atoms with Crippen LogP contribution in [-0.4, -0.2) is 19.5 Å². The maximum absolute atomic E-state index is 5.55. The zero-order chi connectivity index (χ0) is 7.56. The first kappa shape index (κ1) is 8.02. The van der Waals surface area contributed by atoms with Gasteiger partial charge in [0.25, 0.3) is 0 Å². The molecule has 1 heterocycles. The maximum atomic E-state index is 5.55. The molecule has 0 bridgehead atoms. The summed E-state index contributed by atoms with van der Waals surface area (Å²) in [5.41, 5.74) is 0. The van der Waals surface area contributed by atoms with E-state index in [-0.39, 0.29) is 6.29 Å². The van der Waals surface area contributed by atoms with Gasteiger partial charge in [-0.15, -0.1) is 0 Å². The molecule has 1 rings (SSSR count). The fourth-order valence-corrected chi connectivity index (χ4v) is 1.49. The highest BCUT2D eigenvalue weighted by atomic mass is 16.7. The van der Waals surface area contributed by atoms with Crippen LogP contribution in [0.5, 0.6) is 0 Å². The predicted octanol–water partition coefficient (Wildman–Crippen LogP) is 1.79. The molecule has 0 aromatic carbocycles. The van der Waals surface area contributed by atoms with Crippen molar-refractivity contribution in [2.24, 2.45) is 5.92 Å². The Morgan fingerprint density at radius 3 is 2.60 bits per heavy atom. The molecule has 60 valence electrons. The van der Waals surface area contributed by atoms with Crippen LogP contribution in [0.2, 0.25) is 0 Å². The van der Waals surface area contributed by atoms with E-state index in [1.54, 1.807) is 7.11 Å². The van der Waals surface area contributed by atoms with E-state index in [9.17, 15) is 0 Å². The molecule has 0 amide bonds. The van der Waals surface area contributed by atoms with Crippen LogP contribution in [0.4, 0.5) is 0 Å². The van der Waals surface area contributed by atoms with Gasteiger partial charge >= 0.3 is 0 Å². The van der Waals surface area contributed by atoms with E-state index in [1.165, 1.54) is 0 Å². The standard InChI is InChI=1S/C8H16O2/c1-4-7-6(2)5-8(9-3)10-7/h6-8H,4-5H2,1-3H3/t6?,7-,8?/m1/s1. The van der Waals surface area contributed by atoms with Crippen LogP contribution in [-0.2, 0) is 9.47 Å². The van der Waals surface area contributed by atoms with Crippen molar-refractivity contribution in [1.82, 2.24) is 0 Å². The summed E-state index contributed by atoms with van der Waals surface area (Å²) in [7, 11) is 1.70. The minimum Gasteiger partial charge on any atom is -0.356 e. The smallest absolute Gasteiger partial charge is 0.157 e. The van der Waals surface area contributed by atoms with E-state index in [1.807, 2.05) is 0 Å². The number of rotatable bonds is 2. The molecule has 0 aromatic heterocycles. The molecule has 2 nitrogen and oxygen atoms in total. The van der Waals surface area contributed by atoms with Crippen molar-refractivity contribution >= 4 is 0 Å². The predicted molar refractivity (Wildman–Crippen MR) is 39.7 cm³/mol. The van der Waals surface area contributed by atoms with E-state index in [0.29, 0.717) is 12.0 Å². The van der Waals surface area contributed by atoms with Crippen LogP contribution < -0.4 is 0 Å². The first-order valence-electron chi connectivity index (χ1n) is 3.96. The third kappa shape index (κ3) is 1.50. The summed E-state index contributed by atoms with van der Waals surface area (Å²) in [6.45, 7) is 4.37. The van der Waals surface area contributed by atoms with Crippen molar-refractivity contribution in [3.63, 3.8) is 0 Å². The molecule has 2 heteroatoms. The summed E-state index contributed by atoms with van der Waals surface area (Å²) in [5.74, 6) is 0.662. The van der Waals surface area contributed by atoms with Crippen molar-refractivity contribution in [3.8, 4) is 0 Å². The van der Waals surface area contributed by atoms with Gasteiger partial charge < -0.3 is 9.47 Å². The van der Waals surface area contributed by atoms with Crippen molar-refractivity contribution < 1.29 is 9.47 Å². The minimum absolute atomic E-state index is 0.0555. The summed E-state index contributed by atoms with van der Waals surface area (Å²) >= 11 is 0. The molecule has 0 aliphatic carbocycles. The third-order valence-electron chi connectivity index (χ3n) is 2.19. The average Bonchev–Trinajstić information content (AvgIpc) is 2.30. The Hall–Kier alpha value is -0.0800. The van der Waals surface area contributed by atoms with Gasteiger partial charge in [0.1, 0.15) is 0 Å². The number of ether oxygens (including phenoxy) is 2. The Labute approximate surface area is 62.5 Å². The molecule has 10 heavy (non-hydrogen) atoms. The Morgan fingerprint density at radius 2 is 2.30 bits per heavy atom. The normalized spacial score (nSPS) is 40.5. The first-order chi connectivity index (χ1) is 4.77. The lowest BCUT2D eigenvalue weighted by molar-refractivity contribution is -0.115. The summed E-state index contributed by atoms with van der Waals surface area (Å²) < 4.78 is 10.6. The van der Waals surface area contributed by atoms with Gasteiger partial charge in [-0.05, 0) is 12.3 Å². The van der Waals surface area contributed by atoms with E-state index in [0.717, 1.165) is 12.8 Å². The van der Waals surface area contributed by atoms with Crippen molar-refractivity contribution in [3.05, 3.63) is 0 Å². The van der Waals surface area contributed by atoms with Gasteiger partial charge in [0, 0.05) is 13.5 Å². The second-order valence-electron chi connectivity index (χ2n) is 2.96. The minimum atomic E-state index is 0.0555. The molecule has 0 radical (unpaired) electrons. The third-order valence-corrected chi connectivity index (χ3v) is 2.19. The van der Waals surface area contributed by atoms with Crippen molar-refractivity contribution in [2.75, 3.05) is 7.11 Å². The molecular weight excluding hydrogens is 128 g/mol. The quantitative estimate of drug-likeness (QED) is 0.588. The molecule has 1 aliphatic rings. The van der Waals surface area contributed by atoms with E-state index < -0.39 is 0 Å². The number of methoxy groups -OCH3 is 1. The van der Waals surface area contributed by atoms with E-state index in [4.69, 9.17) is 9.47 Å². The molecule has 0 saturated carbocycles. The molecule has 1 fully saturated rings. The molecule has 0 spiro atoms. The lowest BCUT2D eigenvalue weighted by Crippen LogP contribution is -2.13. The first-order valence-corrected chi connectivity index (χ1v) is 3.96. The Kier molecular flexibility index (Phi) is 2.69.